The largest absolute Gasteiger partial charge is 0.315 e. The molecule has 0 heterocycles. The molecule has 0 aromatic heterocycles. The van der Waals surface area contributed by atoms with Crippen LogP contribution in [-0.4, -0.2) is 25.7 Å². The van der Waals surface area contributed by atoms with Crippen molar-refractivity contribution in [3.8, 4) is 0 Å². The van der Waals surface area contributed by atoms with Gasteiger partial charge >= 0.3 is 0 Å². The zero-order valence-corrected chi connectivity index (χ0v) is 7.81. The van der Waals surface area contributed by atoms with Crippen LogP contribution in [0.25, 0.3) is 0 Å². The van der Waals surface area contributed by atoms with Crippen LogP contribution in [0.1, 0.15) is 32.1 Å². The molecule has 0 aromatic carbocycles. The van der Waals surface area contributed by atoms with Gasteiger partial charge in [0.2, 0.25) is 0 Å². The lowest BCUT2D eigenvalue weighted by molar-refractivity contribution is 0.577. The van der Waals surface area contributed by atoms with Crippen molar-refractivity contribution in [2.24, 2.45) is 5.92 Å². The summed E-state index contributed by atoms with van der Waals surface area (Å²) in [7, 11) is 0. The van der Waals surface area contributed by atoms with Crippen molar-refractivity contribution in [3.63, 3.8) is 0 Å². The fourth-order valence-corrected chi connectivity index (χ4v) is 1.49. The molecule has 2 saturated carbocycles. The summed E-state index contributed by atoms with van der Waals surface area (Å²) in [5.74, 6) is 1.08. The molecule has 0 aromatic rings. The quantitative estimate of drug-likeness (QED) is 0.557. The van der Waals surface area contributed by atoms with Gasteiger partial charge < -0.3 is 10.6 Å². The van der Waals surface area contributed by atoms with Gasteiger partial charge in [-0.25, -0.2) is 0 Å². The van der Waals surface area contributed by atoms with E-state index in [0.717, 1.165) is 25.0 Å². The Bertz CT molecular complexity index is 112. The highest BCUT2D eigenvalue weighted by Gasteiger charge is 2.20. The van der Waals surface area contributed by atoms with Crippen LogP contribution < -0.4 is 10.6 Å². The van der Waals surface area contributed by atoms with Crippen LogP contribution in [0, 0.1) is 5.92 Å². The fourth-order valence-electron chi connectivity index (χ4n) is 1.49. The third-order valence-corrected chi connectivity index (χ3v) is 2.74. The lowest BCUT2D eigenvalue weighted by Gasteiger charge is -2.04. The van der Waals surface area contributed by atoms with Crippen LogP contribution in [-0.2, 0) is 0 Å². The van der Waals surface area contributed by atoms with E-state index in [2.05, 4.69) is 10.6 Å². The maximum Gasteiger partial charge on any atom is 0.00793 e. The van der Waals surface area contributed by atoms with Gasteiger partial charge in [-0.05, 0) is 31.7 Å². The molecule has 0 aliphatic heterocycles. The average molecular weight is 168 g/mol. The number of rotatable bonds is 7. The van der Waals surface area contributed by atoms with Crippen LogP contribution in [0.4, 0.5) is 0 Å². The van der Waals surface area contributed by atoms with Crippen molar-refractivity contribution in [1.82, 2.24) is 10.6 Å². The first kappa shape index (κ1) is 8.52. The van der Waals surface area contributed by atoms with Gasteiger partial charge in [0.1, 0.15) is 0 Å². The summed E-state index contributed by atoms with van der Waals surface area (Å²) in [6.45, 7) is 3.55. The fraction of sp³-hybridized carbons (Fsp3) is 1.00. The van der Waals surface area contributed by atoms with Crippen LogP contribution in [0.5, 0.6) is 0 Å². The van der Waals surface area contributed by atoms with E-state index in [9.17, 15) is 0 Å². The molecule has 0 radical (unpaired) electrons. The van der Waals surface area contributed by atoms with Crippen molar-refractivity contribution in [1.29, 1.82) is 0 Å². The summed E-state index contributed by atoms with van der Waals surface area (Å²) in [5.41, 5.74) is 0. The summed E-state index contributed by atoms with van der Waals surface area (Å²) >= 11 is 0. The van der Waals surface area contributed by atoms with Gasteiger partial charge in [0.05, 0.1) is 0 Å². The van der Waals surface area contributed by atoms with Gasteiger partial charge in [0.25, 0.3) is 0 Å². The topological polar surface area (TPSA) is 24.1 Å². The van der Waals surface area contributed by atoms with E-state index in [-0.39, 0.29) is 0 Å². The van der Waals surface area contributed by atoms with Gasteiger partial charge in [-0.3, -0.25) is 0 Å². The molecule has 2 aliphatic carbocycles. The summed E-state index contributed by atoms with van der Waals surface area (Å²) in [6.07, 6.45) is 7.19. The number of hydrogen-bond donors (Lipinski definition) is 2. The monoisotopic (exact) mass is 168 g/mol. The zero-order chi connectivity index (χ0) is 8.23. The van der Waals surface area contributed by atoms with E-state index in [1.54, 1.807) is 0 Å². The summed E-state index contributed by atoms with van der Waals surface area (Å²) in [6, 6.07) is 0.871. The molecule has 2 rings (SSSR count). The highest BCUT2D eigenvalue weighted by Crippen LogP contribution is 2.31. The molecular weight excluding hydrogens is 148 g/mol. The lowest BCUT2D eigenvalue weighted by atomic mass is 10.3. The molecule has 2 nitrogen and oxygen atoms in total. The molecule has 2 fully saturated rings. The zero-order valence-electron chi connectivity index (χ0n) is 7.81. The van der Waals surface area contributed by atoms with E-state index in [1.807, 2.05) is 0 Å². The van der Waals surface area contributed by atoms with Crippen molar-refractivity contribution in [3.05, 3.63) is 0 Å². The predicted molar refractivity (Wildman–Crippen MR) is 51.2 cm³/mol. The summed E-state index contributed by atoms with van der Waals surface area (Å²) < 4.78 is 0. The van der Waals surface area contributed by atoms with E-state index in [4.69, 9.17) is 0 Å². The second kappa shape index (κ2) is 4.24. The maximum atomic E-state index is 3.50. The van der Waals surface area contributed by atoms with E-state index < -0.39 is 0 Å². The van der Waals surface area contributed by atoms with E-state index in [0.29, 0.717) is 0 Å². The third-order valence-electron chi connectivity index (χ3n) is 2.74. The summed E-state index contributed by atoms with van der Waals surface area (Å²) in [5, 5.41) is 6.98. The Balaban J connectivity index is 1.31. The highest BCUT2D eigenvalue weighted by atomic mass is 15.0. The Hall–Kier alpha value is -0.0800. The van der Waals surface area contributed by atoms with Crippen molar-refractivity contribution >= 4 is 0 Å². The molecular formula is C10H20N2. The maximum absolute atomic E-state index is 3.50. The Morgan fingerprint density at radius 3 is 2.42 bits per heavy atom. The molecule has 2 aliphatic rings. The second-order valence-electron chi connectivity index (χ2n) is 4.21. The van der Waals surface area contributed by atoms with Gasteiger partial charge in [-0.15, -0.1) is 0 Å². The predicted octanol–water partition coefficient (Wildman–Crippen LogP) is 1.13. The molecule has 0 atom stereocenters. The van der Waals surface area contributed by atoms with Crippen LogP contribution >= 0.6 is 0 Å². The lowest BCUT2D eigenvalue weighted by Crippen LogP contribution is -2.29. The molecule has 0 unspecified atom stereocenters. The van der Waals surface area contributed by atoms with E-state index in [1.165, 1.54) is 38.6 Å². The highest BCUT2D eigenvalue weighted by molar-refractivity contribution is 4.80. The molecule has 0 amide bonds. The minimum Gasteiger partial charge on any atom is -0.315 e. The van der Waals surface area contributed by atoms with E-state index >= 15 is 0 Å². The molecule has 0 saturated heterocycles. The Morgan fingerprint density at radius 2 is 1.75 bits per heavy atom. The standard InChI is InChI=1S/C10H20N2/c1-2-9(1)5-6-11-7-8-12-10-3-4-10/h9-12H,1-8H2. The molecule has 2 heteroatoms. The Morgan fingerprint density at radius 1 is 0.917 bits per heavy atom. The van der Waals surface area contributed by atoms with Gasteiger partial charge in [0, 0.05) is 19.1 Å². The number of nitrogens with one attached hydrogen (secondary N) is 2. The van der Waals surface area contributed by atoms with Gasteiger partial charge in [-0.1, -0.05) is 12.8 Å². The number of hydrogen-bond acceptors (Lipinski definition) is 2. The molecule has 12 heavy (non-hydrogen) atoms. The first-order valence-corrected chi connectivity index (χ1v) is 5.39. The first-order chi connectivity index (χ1) is 5.95. The minimum absolute atomic E-state index is 0.871. The van der Waals surface area contributed by atoms with Crippen LogP contribution in [0.15, 0.2) is 0 Å². The van der Waals surface area contributed by atoms with Crippen LogP contribution in [0.3, 0.4) is 0 Å². The third kappa shape index (κ3) is 3.55. The minimum atomic E-state index is 0.871. The Labute approximate surface area is 75.1 Å². The van der Waals surface area contributed by atoms with Gasteiger partial charge in [0.15, 0.2) is 0 Å². The van der Waals surface area contributed by atoms with Crippen LogP contribution in [0.2, 0.25) is 0 Å². The average Bonchev–Trinajstić information content (AvgIpc) is 2.89. The molecule has 0 bridgehead atoms. The van der Waals surface area contributed by atoms with Gasteiger partial charge in [-0.2, -0.15) is 0 Å². The summed E-state index contributed by atoms with van der Waals surface area (Å²) in [4.78, 5) is 0. The Kier molecular flexibility index (Phi) is 3.01. The molecule has 2 N–H and O–H groups in total. The van der Waals surface area contributed by atoms with Crippen molar-refractivity contribution in [2.75, 3.05) is 19.6 Å². The normalized spacial score (nSPS) is 23.0. The molecule has 70 valence electrons. The van der Waals surface area contributed by atoms with Crippen molar-refractivity contribution in [2.45, 2.75) is 38.1 Å². The first-order valence-electron chi connectivity index (χ1n) is 5.39. The SMILES string of the molecule is C(CNC1CC1)NCCC1CC1. The molecule has 0 spiro atoms. The smallest absolute Gasteiger partial charge is 0.00793 e. The van der Waals surface area contributed by atoms with Crippen molar-refractivity contribution < 1.29 is 0 Å². The second-order valence-corrected chi connectivity index (χ2v) is 4.21.